The highest BCUT2D eigenvalue weighted by molar-refractivity contribution is 6.06. The van der Waals surface area contributed by atoms with E-state index in [1.54, 1.807) is 25.3 Å². The number of nitrogens with one attached hydrogen (secondary N) is 2. The van der Waals surface area contributed by atoms with E-state index in [0.29, 0.717) is 35.9 Å². The maximum atomic E-state index is 12.5. The number of anilines is 1. The lowest BCUT2D eigenvalue weighted by Gasteiger charge is -2.12. The molecule has 2 rings (SSSR count). The monoisotopic (exact) mass is 359 g/mol. The van der Waals surface area contributed by atoms with Crippen molar-refractivity contribution in [2.45, 2.75) is 0 Å². The smallest absolute Gasteiger partial charge is 0.269 e. The Morgan fingerprint density at radius 2 is 1.85 bits per heavy atom. The van der Waals surface area contributed by atoms with E-state index in [2.05, 4.69) is 15.6 Å². The number of amides is 2. The first-order chi connectivity index (χ1) is 12.6. The van der Waals surface area contributed by atoms with E-state index < -0.39 is 5.91 Å². The molecule has 138 valence electrons. The minimum absolute atomic E-state index is 0.145. The molecule has 8 heteroatoms. The number of methoxy groups -OCH3 is 3. The van der Waals surface area contributed by atoms with Gasteiger partial charge in [-0.2, -0.15) is 0 Å². The van der Waals surface area contributed by atoms with Gasteiger partial charge in [0.25, 0.3) is 11.8 Å². The molecule has 0 unspecified atom stereocenters. The maximum absolute atomic E-state index is 12.5. The average Bonchev–Trinajstić information content (AvgIpc) is 2.68. The second-order valence-corrected chi connectivity index (χ2v) is 5.20. The van der Waals surface area contributed by atoms with Crippen molar-refractivity contribution < 1.29 is 23.8 Å². The standard InChI is InChI=1S/C18H21N3O5/c1-24-9-8-20-18(23)15-10-12(6-7-19-15)17(22)21-14-11-13(25-2)4-5-16(14)26-3/h4-7,10-11H,8-9H2,1-3H3,(H,20,23)(H,21,22). The summed E-state index contributed by atoms with van der Waals surface area (Å²) in [6.07, 6.45) is 1.41. The van der Waals surface area contributed by atoms with Crippen LogP contribution in [0.2, 0.25) is 0 Å². The Morgan fingerprint density at radius 1 is 1.04 bits per heavy atom. The van der Waals surface area contributed by atoms with Crippen LogP contribution in [0.1, 0.15) is 20.8 Å². The Kier molecular flexibility index (Phi) is 6.92. The number of benzene rings is 1. The van der Waals surface area contributed by atoms with Gasteiger partial charge in [-0.15, -0.1) is 0 Å². The Bertz CT molecular complexity index is 779. The zero-order valence-corrected chi connectivity index (χ0v) is 14.9. The molecule has 0 spiro atoms. The van der Waals surface area contributed by atoms with E-state index in [-0.39, 0.29) is 11.6 Å². The van der Waals surface area contributed by atoms with Crippen LogP contribution in [-0.4, -0.2) is 51.3 Å². The van der Waals surface area contributed by atoms with Crippen LogP contribution in [0.15, 0.2) is 36.5 Å². The summed E-state index contributed by atoms with van der Waals surface area (Å²) in [5.74, 6) is 0.292. The SMILES string of the molecule is COCCNC(=O)c1cc(C(=O)Nc2cc(OC)ccc2OC)ccn1. The summed E-state index contributed by atoms with van der Waals surface area (Å²) in [5.41, 5.74) is 0.896. The molecule has 0 saturated carbocycles. The van der Waals surface area contributed by atoms with Gasteiger partial charge in [0.15, 0.2) is 0 Å². The van der Waals surface area contributed by atoms with Gasteiger partial charge in [0, 0.05) is 31.5 Å². The number of carbonyl (C=O) groups excluding carboxylic acids is 2. The molecular weight excluding hydrogens is 338 g/mol. The molecule has 0 aliphatic carbocycles. The number of carbonyl (C=O) groups is 2. The molecule has 0 fully saturated rings. The number of nitrogens with zero attached hydrogens (tertiary/aromatic N) is 1. The summed E-state index contributed by atoms with van der Waals surface area (Å²) < 4.78 is 15.3. The number of hydrogen-bond donors (Lipinski definition) is 2. The molecule has 0 saturated heterocycles. The molecule has 1 heterocycles. The third-order valence-electron chi connectivity index (χ3n) is 3.50. The highest BCUT2D eigenvalue weighted by atomic mass is 16.5. The molecule has 0 bridgehead atoms. The Morgan fingerprint density at radius 3 is 2.54 bits per heavy atom. The molecule has 0 aliphatic heterocycles. The molecule has 26 heavy (non-hydrogen) atoms. The normalized spacial score (nSPS) is 10.1. The van der Waals surface area contributed by atoms with E-state index in [9.17, 15) is 9.59 Å². The number of ether oxygens (including phenoxy) is 3. The third kappa shape index (κ3) is 4.93. The van der Waals surface area contributed by atoms with Crippen molar-refractivity contribution in [1.29, 1.82) is 0 Å². The highest BCUT2D eigenvalue weighted by Gasteiger charge is 2.14. The zero-order valence-electron chi connectivity index (χ0n) is 14.9. The first kappa shape index (κ1) is 19.2. The Hall–Kier alpha value is -3.13. The first-order valence-corrected chi connectivity index (χ1v) is 7.85. The summed E-state index contributed by atoms with van der Waals surface area (Å²) in [5, 5.41) is 5.40. The molecule has 2 amide bonds. The van der Waals surface area contributed by atoms with Crippen molar-refractivity contribution in [1.82, 2.24) is 10.3 Å². The van der Waals surface area contributed by atoms with Crippen LogP contribution in [0, 0.1) is 0 Å². The lowest BCUT2D eigenvalue weighted by molar-refractivity contribution is 0.0932. The summed E-state index contributed by atoms with van der Waals surface area (Å²) in [6.45, 7) is 0.746. The lowest BCUT2D eigenvalue weighted by Crippen LogP contribution is -2.28. The zero-order chi connectivity index (χ0) is 18.9. The Labute approximate surface area is 151 Å². The van der Waals surface area contributed by atoms with Gasteiger partial charge in [-0.25, -0.2) is 0 Å². The average molecular weight is 359 g/mol. The molecule has 0 radical (unpaired) electrons. The van der Waals surface area contributed by atoms with Crippen molar-refractivity contribution in [3.8, 4) is 11.5 Å². The molecule has 1 aromatic carbocycles. The van der Waals surface area contributed by atoms with Crippen LogP contribution in [0.5, 0.6) is 11.5 Å². The van der Waals surface area contributed by atoms with Gasteiger partial charge in [0.2, 0.25) is 0 Å². The first-order valence-electron chi connectivity index (χ1n) is 7.85. The van der Waals surface area contributed by atoms with Crippen molar-refractivity contribution in [3.05, 3.63) is 47.8 Å². The second kappa shape index (κ2) is 9.38. The molecule has 1 aromatic heterocycles. The predicted octanol–water partition coefficient (Wildman–Crippen LogP) is 1.73. The summed E-state index contributed by atoms with van der Waals surface area (Å²) >= 11 is 0. The van der Waals surface area contributed by atoms with E-state index in [0.717, 1.165) is 0 Å². The number of rotatable bonds is 8. The fourth-order valence-electron chi connectivity index (χ4n) is 2.16. The van der Waals surface area contributed by atoms with E-state index in [1.165, 1.54) is 32.5 Å². The lowest BCUT2D eigenvalue weighted by atomic mass is 10.2. The number of aromatic nitrogens is 1. The fraction of sp³-hybridized carbons (Fsp3) is 0.278. The quantitative estimate of drug-likeness (QED) is 0.697. The topological polar surface area (TPSA) is 98.8 Å². The molecule has 0 aliphatic rings. The highest BCUT2D eigenvalue weighted by Crippen LogP contribution is 2.29. The van der Waals surface area contributed by atoms with Crippen molar-refractivity contribution in [2.24, 2.45) is 0 Å². The minimum Gasteiger partial charge on any atom is -0.497 e. The van der Waals surface area contributed by atoms with Gasteiger partial charge in [0.05, 0.1) is 26.5 Å². The summed E-state index contributed by atoms with van der Waals surface area (Å²) in [4.78, 5) is 28.6. The third-order valence-corrected chi connectivity index (χ3v) is 3.50. The maximum Gasteiger partial charge on any atom is 0.269 e. The Balaban J connectivity index is 2.15. The van der Waals surface area contributed by atoms with Gasteiger partial charge < -0.3 is 24.8 Å². The van der Waals surface area contributed by atoms with Crippen LogP contribution in [-0.2, 0) is 4.74 Å². The van der Waals surface area contributed by atoms with E-state index in [4.69, 9.17) is 14.2 Å². The van der Waals surface area contributed by atoms with Gasteiger partial charge in [-0.3, -0.25) is 14.6 Å². The number of pyridine rings is 1. The van der Waals surface area contributed by atoms with Gasteiger partial charge in [-0.05, 0) is 24.3 Å². The van der Waals surface area contributed by atoms with Crippen LogP contribution in [0.25, 0.3) is 0 Å². The summed E-state index contributed by atoms with van der Waals surface area (Å²) in [7, 11) is 4.58. The molecule has 0 atom stereocenters. The number of hydrogen-bond acceptors (Lipinski definition) is 6. The minimum atomic E-state index is -0.398. The van der Waals surface area contributed by atoms with Gasteiger partial charge in [-0.1, -0.05) is 0 Å². The van der Waals surface area contributed by atoms with E-state index in [1.807, 2.05) is 0 Å². The molecule has 8 nitrogen and oxygen atoms in total. The predicted molar refractivity (Wildman–Crippen MR) is 95.9 cm³/mol. The second-order valence-electron chi connectivity index (χ2n) is 5.20. The van der Waals surface area contributed by atoms with Crippen molar-refractivity contribution in [3.63, 3.8) is 0 Å². The molecular formula is C18H21N3O5. The van der Waals surface area contributed by atoms with Crippen LogP contribution < -0.4 is 20.1 Å². The van der Waals surface area contributed by atoms with Crippen LogP contribution in [0.3, 0.4) is 0 Å². The molecule has 2 aromatic rings. The van der Waals surface area contributed by atoms with Crippen LogP contribution in [0.4, 0.5) is 5.69 Å². The molecule has 2 N–H and O–H groups in total. The van der Waals surface area contributed by atoms with Crippen molar-refractivity contribution in [2.75, 3.05) is 39.8 Å². The van der Waals surface area contributed by atoms with Gasteiger partial charge in [0.1, 0.15) is 17.2 Å². The van der Waals surface area contributed by atoms with Gasteiger partial charge >= 0.3 is 0 Å². The van der Waals surface area contributed by atoms with Crippen LogP contribution >= 0.6 is 0 Å². The fourth-order valence-corrected chi connectivity index (χ4v) is 2.16. The van der Waals surface area contributed by atoms with E-state index >= 15 is 0 Å². The van der Waals surface area contributed by atoms with Crippen molar-refractivity contribution >= 4 is 17.5 Å². The largest absolute Gasteiger partial charge is 0.497 e. The summed E-state index contributed by atoms with van der Waals surface area (Å²) in [6, 6.07) is 8.01.